The molecule has 210 valence electrons. The summed E-state index contributed by atoms with van der Waals surface area (Å²) in [7, 11) is 0. The highest BCUT2D eigenvalue weighted by atomic mass is 16.5. The quantitative estimate of drug-likeness (QED) is 0.140. The highest BCUT2D eigenvalue weighted by molar-refractivity contribution is 5.68. The molecule has 0 aliphatic carbocycles. The van der Waals surface area contributed by atoms with Crippen molar-refractivity contribution in [1.82, 2.24) is 14.5 Å². The predicted molar refractivity (Wildman–Crippen MR) is 170 cm³/mol. The first-order valence-electron chi connectivity index (χ1n) is 14.9. The van der Waals surface area contributed by atoms with Gasteiger partial charge in [0.05, 0.1) is 11.4 Å². The molecule has 1 heterocycles. The lowest BCUT2D eigenvalue weighted by Gasteiger charge is -2.24. The van der Waals surface area contributed by atoms with E-state index in [4.69, 9.17) is 9.72 Å². The molecule has 4 nitrogen and oxygen atoms in total. The third-order valence-corrected chi connectivity index (χ3v) is 7.38. The van der Waals surface area contributed by atoms with Crippen LogP contribution < -0.4 is 4.74 Å². The Bertz CT molecular complexity index is 1460. The van der Waals surface area contributed by atoms with Gasteiger partial charge in [-0.3, -0.25) is 4.90 Å². The van der Waals surface area contributed by atoms with Crippen LogP contribution in [-0.4, -0.2) is 21.0 Å². The Morgan fingerprint density at radius 3 is 1.93 bits per heavy atom. The molecule has 0 N–H and O–H groups in total. The number of benzene rings is 4. The number of ether oxygens (including phenoxy) is 1. The van der Waals surface area contributed by atoms with Crippen molar-refractivity contribution in [2.45, 2.75) is 59.4 Å². The molecule has 0 bridgehead atoms. The van der Waals surface area contributed by atoms with Gasteiger partial charge in [0.1, 0.15) is 18.2 Å². The topological polar surface area (TPSA) is 30.3 Å². The van der Waals surface area contributed by atoms with Crippen molar-refractivity contribution in [3.63, 3.8) is 0 Å². The first kappa shape index (κ1) is 28.4. The SMILES string of the molecule is CCCCn1c(-c2ccccc2)nc(-c2ccccc2)c1CN(CCC)Cc1ccc(OCc2ccccc2)cc1. The molecule has 4 heteroatoms. The van der Waals surface area contributed by atoms with E-state index in [0.717, 1.165) is 62.7 Å². The number of imidazole rings is 1. The Balaban J connectivity index is 1.41. The van der Waals surface area contributed by atoms with Crippen LogP contribution in [-0.2, 0) is 26.2 Å². The summed E-state index contributed by atoms with van der Waals surface area (Å²) >= 11 is 0. The predicted octanol–water partition coefficient (Wildman–Crippen LogP) is 9.01. The second kappa shape index (κ2) is 14.5. The Morgan fingerprint density at radius 1 is 0.659 bits per heavy atom. The van der Waals surface area contributed by atoms with E-state index >= 15 is 0 Å². The molecule has 4 aromatic carbocycles. The van der Waals surface area contributed by atoms with Gasteiger partial charge in [0.25, 0.3) is 0 Å². The molecule has 0 spiro atoms. The molecule has 0 unspecified atom stereocenters. The van der Waals surface area contributed by atoms with Gasteiger partial charge in [-0.05, 0) is 42.6 Å². The lowest BCUT2D eigenvalue weighted by Crippen LogP contribution is -2.25. The zero-order valence-electron chi connectivity index (χ0n) is 24.4. The highest BCUT2D eigenvalue weighted by Gasteiger charge is 2.21. The molecule has 0 saturated heterocycles. The standard InChI is InChI=1S/C37H41N3O/c1-3-5-26-40-35(36(32-17-11-7-12-18-32)38-37(40)33-19-13-8-14-20-33)28-39(25-4-2)27-30-21-23-34(24-22-30)41-29-31-15-9-6-10-16-31/h6-24H,3-5,25-29H2,1-2H3. The van der Waals surface area contributed by atoms with Crippen molar-refractivity contribution in [2.24, 2.45) is 0 Å². The van der Waals surface area contributed by atoms with Crippen LogP contribution >= 0.6 is 0 Å². The lowest BCUT2D eigenvalue weighted by molar-refractivity contribution is 0.250. The van der Waals surface area contributed by atoms with Crippen LogP contribution in [0.2, 0.25) is 0 Å². The summed E-state index contributed by atoms with van der Waals surface area (Å²) in [5.41, 5.74) is 7.18. The van der Waals surface area contributed by atoms with Crippen molar-refractivity contribution >= 4 is 0 Å². The molecule has 0 aliphatic rings. The summed E-state index contributed by atoms with van der Waals surface area (Å²) in [5, 5.41) is 0. The Hall–Kier alpha value is -4.15. The number of nitrogens with zero attached hydrogens (tertiary/aromatic N) is 3. The van der Waals surface area contributed by atoms with E-state index in [2.05, 4.69) is 120 Å². The summed E-state index contributed by atoms with van der Waals surface area (Å²) in [6.45, 7) is 8.79. The van der Waals surface area contributed by atoms with Crippen molar-refractivity contribution in [3.8, 4) is 28.4 Å². The Labute approximate surface area is 245 Å². The van der Waals surface area contributed by atoms with Gasteiger partial charge in [-0.1, -0.05) is 123 Å². The number of hydrogen-bond donors (Lipinski definition) is 0. The van der Waals surface area contributed by atoms with E-state index in [-0.39, 0.29) is 0 Å². The molecule has 0 fully saturated rings. The van der Waals surface area contributed by atoms with Crippen molar-refractivity contribution in [3.05, 3.63) is 132 Å². The molecule has 41 heavy (non-hydrogen) atoms. The number of unbranched alkanes of at least 4 members (excludes halogenated alkanes) is 1. The summed E-state index contributed by atoms with van der Waals surface area (Å²) in [5.74, 6) is 1.96. The lowest BCUT2D eigenvalue weighted by atomic mass is 10.1. The monoisotopic (exact) mass is 543 g/mol. The van der Waals surface area contributed by atoms with Gasteiger partial charge in [0.15, 0.2) is 0 Å². The maximum Gasteiger partial charge on any atom is 0.140 e. The third-order valence-electron chi connectivity index (χ3n) is 7.38. The van der Waals surface area contributed by atoms with Gasteiger partial charge >= 0.3 is 0 Å². The fraction of sp³-hybridized carbons (Fsp3) is 0.270. The van der Waals surface area contributed by atoms with Gasteiger partial charge in [0, 0.05) is 30.8 Å². The molecule has 0 atom stereocenters. The largest absolute Gasteiger partial charge is 0.489 e. The molecule has 0 aliphatic heterocycles. The van der Waals surface area contributed by atoms with Crippen LogP contribution in [0.3, 0.4) is 0 Å². The average molecular weight is 544 g/mol. The van der Waals surface area contributed by atoms with E-state index in [9.17, 15) is 0 Å². The van der Waals surface area contributed by atoms with Crippen LogP contribution in [0.15, 0.2) is 115 Å². The number of hydrogen-bond acceptors (Lipinski definition) is 3. The van der Waals surface area contributed by atoms with E-state index < -0.39 is 0 Å². The minimum atomic E-state index is 0.579. The van der Waals surface area contributed by atoms with Gasteiger partial charge in [-0.15, -0.1) is 0 Å². The third kappa shape index (κ3) is 7.53. The van der Waals surface area contributed by atoms with E-state index in [0.29, 0.717) is 6.61 Å². The zero-order chi connectivity index (χ0) is 28.3. The van der Waals surface area contributed by atoms with E-state index in [1.165, 1.54) is 27.9 Å². The molecule has 5 rings (SSSR count). The second-order valence-corrected chi connectivity index (χ2v) is 10.6. The highest BCUT2D eigenvalue weighted by Crippen LogP contribution is 2.31. The Morgan fingerprint density at radius 2 is 1.29 bits per heavy atom. The average Bonchev–Trinajstić information content (AvgIpc) is 3.39. The van der Waals surface area contributed by atoms with Crippen LogP contribution in [0.4, 0.5) is 0 Å². The van der Waals surface area contributed by atoms with Crippen molar-refractivity contribution in [2.75, 3.05) is 6.54 Å². The fourth-order valence-corrected chi connectivity index (χ4v) is 5.27. The second-order valence-electron chi connectivity index (χ2n) is 10.6. The molecule has 0 radical (unpaired) electrons. The van der Waals surface area contributed by atoms with Crippen molar-refractivity contribution in [1.29, 1.82) is 0 Å². The minimum Gasteiger partial charge on any atom is -0.489 e. The molecule has 1 aromatic heterocycles. The van der Waals surface area contributed by atoms with Gasteiger partial charge < -0.3 is 9.30 Å². The smallest absolute Gasteiger partial charge is 0.140 e. The number of aromatic nitrogens is 2. The fourth-order valence-electron chi connectivity index (χ4n) is 5.27. The van der Waals surface area contributed by atoms with Crippen LogP contribution in [0.1, 0.15) is 49.9 Å². The van der Waals surface area contributed by atoms with Gasteiger partial charge in [0.2, 0.25) is 0 Å². The molecular weight excluding hydrogens is 502 g/mol. The molecule has 0 amide bonds. The molecule has 5 aromatic rings. The van der Waals surface area contributed by atoms with Crippen LogP contribution in [0.5, 0.6) is 5.75 Å². The van der Waals surface area contributed by atoms with E-state index in [1.54, 1.807) is 0 Å². The van der Waals surface area contributed by atoms with Crippen LogP contribution in [0, 0.1) is 0 Å². The minimum absolute atomic E-state index is 0.579. The zero-order valence-corrected chi connectivity index (χ0v) is 24.4. The van der Waals surface area contributed by atoms with Gasteiger partial charge in [-0.2, -0.15) is 0 Å². The summed E-state index contributed by atoms with van der Waals surface area (Å²) < 4.78 is 8.51. The summed E-state index contributed by atoms with van der Waals surface area (Å²) in [4.78, 5) is 7.86. The molecular formula is C37H41N3O. The summed E-state index contributed by atoms with van der Waals surface area (Å²) in [6, 6.07) is 40.2. The summed E-state index contributed by atoms with van der Waals surface area (Å²) in [6.07, 6.45) is 3.35. The molecule has 0 saturated carbocycles. The van der Waals surface area contributed by atoms with Gasteiger partial charge in [-0.25, -0.2) is 4.98 Å². The maximum absolute atomic E-state index is 6.03. The number of rotatable bonds is 14. The first-order chi connectivity index (χ1) is 20.2. The van der Waals surface area contributed by atoms with Crippen LogP contribution in [0.25, 0.3) is 22.6 Å². The van der Waals surface area contributed by atoms with E-state index in [1.807, 2.05) is 18.2 Å². The normalized spacial score (nSPS) is 11.2. The maximum atomic E-state index is 6.03. The van der Waals surface area contributed by atoms with Crippen molar-refractivity contribution < 1.29 is 4.74 Å². The Kier molecular flexibility index (Phi) is 10.0. The first-order valence-corrected chi connectivity index (χ1v) is 14.9.